The number of carbonyl (C=O) groups excluding carboxylic acids is 1. The van der Waals surface area contributed by atoms with E-state index >= 15 is 0 Å². The Hall–Kier alpha value is -1.93. The standard InChI is InChI=1S/C21H32N4O3S/c1-5-12-25-19-9-8-17(29(27,28)24(6-2)7-3)13-18(19)22-20(25)10-11-21(26)23-14-16(4)15-23/h8-9,13,16H,5-7,10-12,14-15H2,1-4H3. The fraction of sp³-hybridized carbons (Fsp3) is 0.619. The number of imidazole rings is 1. The molecule has 1 aromatic carbocycles. The molecule has 1 fully saturated rings. The lowest BCUT2D eigenvalue weighted by molar-refractivity contribution is -0.137. The average molecular weight is 421 g/mol. The highest BCUT2D eigenvalue weighted by atomic mass is 32.2. The van der Waals surface area contributed by atoms with E-state index in [2.05, 4.69) is 18.4 Å². The van der Waals surface area contributed by atoms with Crippen LogP contribution in [0.5, 0.6) is 0 Å². The Balaban J connectivity index is 1.88. The number of rotatable bonds is 9. The van der Waals surface area contributed by atoms with Crippen LogP contribution in [0.1, 0.15) is 46.4 Å². The largest absolute Gasteiger partial charge is 0.342 e. The predicted molar refractivity (Wildman–Crippen MR) is 114 cm³/mol. The molecule has 7 nitrogen and oxygen atoms in total. The van der Waals surface area contributed by atoms with Crippen molar-refractivity contribution in [1.29, 1.82) is 0 Å². The molecule has 8 heteroatoms. The summed E-state index contributed by atoms with van der Waals surface area (Å²) in [5, 5.41) is 0. The highest BCUT2D eigenvalue weighted by Gasteiger charge is 2.27. The summed E-state index contributed by atoms with van der Waals surface area (Å²) in [5.41, 5.74) is 1.59. The van der Waals surface area contributed by atoms with Crippen molar-refractivity contribution < 1.29 is 13.2 Å². The summed E-state index contributed by atoms with van der Waals surface area (Å²) in [4.78, 5) is 19.2. The molecule has 0 aliphatic carbocycles. The first-order chi connectivity index (χ1) is 13.8. The van der Waals surface area contributed by atoms with E-state index in [1.54, 1.807) is 12.1 Å². The maximum Gasteiger partial charge on any atom is 0.243 e. The van der Waals surface area contributed by atoms with Crippen LogP contribution in [0.25, 0.3) is 11.0 Å². The number of nitrogens with zero attached hydrogens (tertiary/aromatic N) is 4. The van der Waals surface area contributed by atoms with Crippen LogP contribution in [-0.4, -0.2) is 59.3 Å². The van der Waals surface area contributed by atoms with Gasteiger partial charge < -0.3 is 9.47 Å². The van der Waals surface area contributed by atoms with Crippen LogP contribution in [0, 0.1) is 5.92 Å². The van der Waals surface area contributed by atoms with Gasteiger partial charge in [-0.3, -0.25) is 4.79 Å². The summed E-state index contributed by atoms with van der Waals surface area (Å²) in [5.74, 6) is 1.61. The second-order valence-corrected chi connectivity index (χ2v) is 9.76. The van der Waals surface area contributed by atoms with Crippen LogP contribution >= 0.6 is 0 Å². The van der Waals surface area contributed by atoms with Crippen molar-refractivity contribution in [2.24, 2.45) is 5.92 Å². The molecule has 0 atom stereocenters. The smallest absolute Gasteiger partial charge is 0.243 e. The number of aryl methyl sites for hydroxylation is 2. The van der Waals surface area contributed by atoms with Crippen LogP contribution in [0.3, 0.4) is 0 Å². The van der Waals surface area contributed by atoms with Crippen molar-refractivity contribution in [2.45, 2.75) is 58.4 Å². The molecular formula is C21H32N4O3S. The molecule has 0 N–H and O–H groups in total. The van der Waals surface area contributed by atoms with Crippen LogP contribution in [0.2, 0.25) is 0 Å². The van der Waals surface area contributed by atoms with Gasteiger partial charge in [0.2, 0.25) is 15.9 Å². The van der Waals surface area contributed by atoms with Gasteiger partial charge >= 0.3 is 0 Å². The third-order valence-corrected chi connectivity index (χ3v) is 7.61. The van der Waals surface area contributed by atoms with Gasteiger partial charge in [-0.15, -0.1) is 0 Å². The van der Waals surface area contributed by atoms with Gasteiger partial charge in [0.05, 0.1) is 15.9 Å². The van der Waals surface area contributed by atoms with Crippen molar-refractivity contribution in [2.75, 3.05) is 26.2 Å². The van der Waals surface area contributed by atoms with Crippen LogP contribution in [-0.2, 0) is 27.8 Å². The summed E-state index contributed by atoms with van der Waals surface area (Å²) in [7, 11) is -3.52. The lowest BCUT2D eigenvalue weighted by Gasteiger charge is -2.37. The number of aromatic nitrogens is 2. The van der Waals surface area contributed by atoms with E-state index in [-0.39, 0.29) is 10.8 Å². The molecule has 29 heavy (non-hydrogen) atoms. The normalized spacial score (nSPS) is 15.3. The summed E-state index contributed by atoms with van der Waals surface area (Å²) in [6.45, 7) is 11.3. The van der Waals surface area contributed by atoms with Gasteiger partial charge in [0.1, 0.15) is 5.82 Å². The van der Waals surface area contributed by atoms with Crippen LogP contribution in [0.4, 0.5) is 0 Å². The summed E-state index contributed by atoms with van der Waals surface area (Å²) < 4.78 is 29.3. The molecule has 0 radical (unpaired) electrons. The molecule has 1 aliphatic heterocycles. The fourth-order valence-electron chi connectivity index (χ4n) is 3.98. The highest BCUT2D eigenvalue weighted by Crippen LogP contribution is 2.24. The van der Waals surface area contributed by atoms with Gasteiger partial charge in [-0.25, -0.2) is 13.4 Å². The monoisotopic (exact) mass is 420 g/mol. The van der Waals surface area contributed by atoms with E-state index in [0.717, 1.165) is 37.4 Å². The average Bonchev–Trinajstić information content (AvgIpc) is 3.01. The SMILES string of the molecule is CCCn1c(CCC(=O)N2CC(C)C2)nc2cc(S(=O)(=O)N(CC)CC)ccc21. The zero-order chi connectivity index (χ0) is 21.2. The third-order valence-electron chi connectivity index (χ3n) is 5.57. The molecule has 1 amide bonds. The first-order valence-electron chi connectivity index (χ1n) is 10.6. The minimum absolute atomic E-state index is 0.169. The first kappa shape index (κ1) is 21.8. The van der Waals surface area contributed by atoms with E-state index in [1.807, 2.05) is 24.8 Å². The van der Waals surface area contributed by atoms with Gasteiger partial charge in [0.15, 0.2) is 0 Å². The molecule has 2 aromatic rings. The molecule has 0 bridgehead atoms. The maximum atomic E-state index is 12.9. The topological polar surface area (TPSA) is 75.5 Å². The van der Waals surface area contributed by atoms with Crippen molar-refractivity contribution in [3.63, 3.8) is 0 Å². The second-order valence-electron chi connectivity index (χ2n) is 7.82. The zero-order valence-corrected chi connectivity index (χ0v) is 18.7. The molecule has 0 spiro atoms. The molecule has 1 aliphatic rings. The number of hydrogen-bond acceptors (Lipinski definition) is 4. The summed E-state index contributed by atoms with van der Waals surface area (Å²) in [6, 6.07) is 5.18. The Labute approximate surface area is 173 Å². The minimum Gasteiger partial charge on any atom is -0.342 e. The Kier molecular flexibility index (Phi) is 6.63. The minimum atomic E-state index is -3.52. The number of likely N-dealkylation sites (tertiary alicyclic amines) is 1. The molecule has 1 saturated heterocycles. The number of amides is 1. The predicted octanol–water partition coefficient (Wildman–Crippen LogP) is 2.89. The fourth-order valence-corrected chi connectivity index (χ4v) is 5.45. The molecule has 2 heterocycles. The van der Waals surface area contributed by atoms with E-state index in [0.29, 0.717) is 37.4 Å². The van der Waals surface area contributed by atoms with Crippen LogP contribution < -0.4 is 0 Å². The van der Waals surface area contributed by atoms with Gasteiger partial charge in [0, 0.05) is 45.6 Å². The van der Waals surface area contributed by atoms with Gasteiger partial charge in [-0.05, 0) is 30.5 Å². The van der Waals surface area contributed by atoms with E-state index < -0.39 is 10.0 Å². The number of sulfonamides is 1. The number of carbonyl (C=O) groups is 1. The molecule has 0 saturated carbocycles. The lowest BCUT2D eigenvalue weighted by atomic mass is 10.0. The molecule has 160 valence electrons. The van der Waals surface area contributed by atoms with Gasteiger partial charge in [-0.1, -0.05) is 27.7 Å². The molecule has 1 aromatic heterocycles. The number of fused-ring (bicyclic) bond motifs is 1. The summed E-state index contributed by atoms with van der Waals surface area (Å²) in [6.07, 6.45) is 1.94. The van der Waals surface area contributed by atoms with Gasteiger partial charge in [0.25, 0.3) is 0 Å². The maximum absolute atomic E-state index is 12.9. The van der Waals surface area contributed by atoms with E-state index in [4.69, 9.17) is 4.98 Å². The molecule has 0 unspecified atom stereocenters. The Bertz CT molecular complexity index is 973. The number of benzene rings is 1. The Morgan fingerprint density at radius 1 is 1.21 bits per heavy atom. The van der Waals surface area contributed by atoms with Crippen molar-refractivity contribution in [3.8, 4) is 0 Å². The summed E-state index contributed by atoms with van der Waals surface area (Å²) >= 11 is 0. The second kappa shape index (κ2) is 8.83. The van der Waals surface area contributed by atoms with E-state index in [1.165, 1.54) is 4.31 Å². The van der Waals surface area contributed by atoms with Crippen LogP contribution in [0.15, 0.2) is 23.1 Å². The number of hydrogen-bond donors (Lipinski definition) is 0. The Morgan fingerprint density at radius 2 is 1.90 bits per heavy atom. The van der Waals surface area contributed by atoms with Crippen molar-refractivity contribution >= 4 is 27.0 Å². The Morgan fingerprint density at radius 3 is 2.48 bits per heavy atom. The zero-order valence-electron chi connectivity index (χ0n) is 17.9. The molecular weight excluding hydrogens is 388 g/mol. The molecule has 3 rings (SSSR count). The third kappa shape index (κ3) is 4.33. The first-order valence-corrected chi connectivity index (χ1v) is 12.0. The van der Waals surface area contributed by atoms with Crippen molar-refractivity contribution in [3.05, 3.63) is 24.0 Å². The van der Waals surface area contributed by atoms with Crippen molar-refractivity contribution in [1.82, 2.24) is 18.8 Å². The van der Waals surface area contributed by atoms with E-state index in [9.17, 15) is 13.2 Å². The lowest BCUT2D eigenvalue weighted by Crippen LogP contribution is -2.48. The highest BCUT2D eigenvalue weighted by molar-refractivity contribution is 7.89. The quantitative estimate of drug-likeness (QED) is 0.625. The van der Waals surface area contributed by atoms with Gasteiger partial charge in [-0.2, -0.15) is 4.31 Å².